The SMILES string of the molecule is CNCCCNCc1ccc(SC(C)CCc2ccccc2)cc1. The van der Waals surface area contributed by atoms with Gasteiger partial charge in [-0.15, -0.1) is 11.8 Å². The number of hydrogen-bond acceptors (Lipinski definition) is 3. The van der Waals surface area contributed by atoms with Crippen LogP contribution in [0.2, 0.25) is 0 Å². The van der Waals surface area contributed by atoms with Crippen molar-refractivity contribution in [2.45, 2.75) is 42.9 Å². The summed E-state index contributed by atoms with van der Waals surface area (Å²) in [6, 6.07) is 19.8. The minimum Gasteiger partial charge on any atom is -0.320 e. The minimum absolute atomic E-state index is 0.635. The normalized spacial score (nSPS) is 12.2. The Balaban J connectivity index is 1.68. The zero-order valence-electron chi connectivity index (χ0n) is 14.9. The van der Waals surface area contributed by atoms with E-state index in [1.54, 1.807) is 0 Å². The van der Waals surface area contributed by atoms with Crippen LogP contribution in [0.4, 0.5) is 0 Å². The molecule has 2 aromatic rings. The van der Waals surface area contributed by atoms with Gasteiger partial charge < -0.3 is 10.6 Å². The van der Waals surface area contributed by atoms with Crippen LogP contribution in [0.25, 0.3) is 0 Å². The second kappa shape index (κ2) is 11.3. The summed E-state index contributed by atoms with van der Waals surface area (Å²) in [6.45, 7) is 5.42. The number of thioether (sulfide) groups is 1. The molecule has 2 nitrogen and oxygen atoms in total. The molecule has 1 unspecified atom stereocenters. The standard InChI is InChI=1S/C21H30N2S/c1-18(9-10-19-7-4-3-5-8-19)24-21-13-11-20(12-14-21)17-23-16-6-15-22-2/h3-5,7-8,11-14,18,22-23H,6,9-10,15-17H2,1-2H3. The summed E-state index contributed by atoms with van der Waals surface area (Å²) in [4.78, 5) is 1.37. The molecule has 0 aliphatic carbocycles. The Labute approximate surface area is 151 Å². The molecule has 2 rings (SSSR count). The number of benzene rings is 2. The van der Waals surface area contributed by atoms with Gasteiger partial charge in [-0.3, -0.25) is 0 Å². The molecule has 0 aromatic heterocycles. The van der Waals surface area contributed by atoms with E-state index in [0.717, 1.165) is 26.1 Å². The second-order valence-corrected chi connectivity index (χ2v) is 7.74. The van der Waals surface area contributed by atoms with Crippen molar-refractivity contribution in [3.63, 3.8) is 0 Å². The Bertz CT molecular complexity index is 554. The van der Waals surface area contributed by atoms with E-state index < -0.39 is 0 Å². The Kier molecular flexibility index (Phi) is 8.96. The molecule has 0 spiro atoms. The number of nitrogens with one attached hydrogen (secondary N) is 2. The van der Waals surface area contributed by atoms with Gasteiger partial charge >= 0.3 is 0 Å². The van der Waals surface area contributed by atoms with Crippen molar-refractivity contribution >= 4 is 11.8 Å². The van der Waals surface area contributed by atoms with Crippen LogP contribution in [0.5, 0.6) is 0 Å². The van der Waals surface area contributed by atoms with Crippen LogP contribution in [-0.2, 0) is 13.0 Å². The van der Waals surface area contributed by atoms with Crippen LogP contribution in [-0.4, -0.2) is 25.4 Å². The molecule has 0 saturated heterocycles. The molecule has 2 aromatic carbocycles. The van der Waals surface area contributed by atoms with E-state index in [-0.39, 0.29) is 0 Å². The van der Waals surface area contributed by atoms with Crippen LogP contribution in [0.3, 0.4) is 0 Å². The first-order chi connectivity index (χ1) is 11.8. The largest absolute Gasteiger partial charge is 0.320 e. The molecule has 0 amide bonds. The first kappa shape index (κ1) is 19.0. The van der Waals surface area contributed by atoms with Crippen molar-refractivity contribution in [2.24, 2.45) is 0 Å². The molecule has 0 fully saturated rings. The van der Waals surface area contributed by atoms with Crippen LogP contribution in [0.1, 0.15) is 30.9 Å². The third-order valence-electron chi connectivity index (χ3n) is 4.05. The Hall–Kier alpha value is -1.29. The summed E-state index contributed by atoms with van der Waals surface area (Å²) in [5, 5.41) is 7.29. The molecule has 0 saturated carbocycles. The fraction of sp³-hybridized carbons (Fsp3) is 0.429. The summed E-state index contributed by atoms with van der Waals surface area (Å²) in [5.74, 6) is 0. The topological polar surface area (TPSA) is 24.1 Å². The van der Waals surface area contributed by atoms with E-state index in [1.165, 1.54) is 28.9 Å². The fourth-order valence-electron chi connectivity index (χ4n) is 2.61. The first-order valence-corrected chi connectivity index (χ1v) is 9.80. The van der Waals surface area contributed by atoms with Gasteiger partial charge in [0, 0.05) is 16.7 Å². The van der Waals surface area contributed by atoms with Crippen molar-refractivity contribution in [3.05, 3.63) is 65.7 Å². The number of aryl methyl sites for hydroxylation is 1. The third-order valence-corrected chi connectivity index (χ3v) is 5.23. The molecular weight excluding hydrogens is 312 g/mol. The lowest BCUT2D eigenvalue weighted by Gasteiger charge is -2.12. The zero-order valence-corrected chi connectivity index (χ0v) is 15.7. The van der Waals surface area contributed by atoms with Gasteiger partial charge in [-0.2, -0.15) is 0 Å². The monoisotopic (exact) mass is 342 g/mol. The van der Waals surface area contributed by atoms with Crippen molar-refractivity contribution in [1.82, 2.24) is 10.6 Å². The lowest BCUT2D eigenvalue weighted by atomic mass is 10.1. The maximum atomic E-state index is 3.49. The van der Waals surface area contributed by atoms with E-state index >= 15 is 0 Å². The van der Waals surface area contributed by atoms with Gasteiger partial charge in [0.2, 0.25) is 0 Å². The average Bonchev–Trinajstić information content (AvgIpc) is 2.62. The third kappa shape index (κ3) is 7.52. The number of hydrogen-bond donors (Lipinski definition) is 2. The Morgan fingerprint density at radius 2 is 1.67 bits per heavy atom. The maximum Gasteiger partial charge on any atom is 0.0205 e. The van der Waals surface area contributed by atoms with E-state index in [0.29, 0.717) is 5.25 Å². The molecule has 3 heteroatoms. The molecule has 24 heavy (non-hydrogen) atoms. The second-order valence-electron chi connectivity index (χ2n) is 6.23. The quantitative estimate of drug-likeness (QED) is 0.464. The lowest BCUT2D eigenvalue weighted by Crippen LogP contribution is -2.19. The smallest absolute Gasteiger partial charge is 0.0205 e. The van der Waals surface area contributed by atoms with E-state index in [1.807, 2.05) is 18.8 Å². The van der Waals surface area contributed by atoms with Crippen LogP contribution < -0.4 is 10.6 Å². The lowest BCUT2D eigenvalue weighted by molar-refractivity contribution is 0.625. The summed E-state index contributed by atoms with van der Waals surface area (Å²) >= 11 is 1.98. The highest BCUT2D eigenvalue weighted by molar-refractivity contribution is 7.99. The van der Waals surface area contributed by atoms with Gasteiger partial charge in [0.1, 0.15) is 0 Å². The maximum absolute atomic E-state index is 3.49. The molecule has 2 N–H and O–H groups in total. The average molecular weight is 343 g/mol. The highest BCUT2D eigenvalue weighted by Crippen LogP contribution is 2.26. The zero-order chi connectivity index (χ0) is 17.0. The summed E-state index contributed by atoms with van der Waals surface area (Å²) in [7, 11) is 2.00. The molecule has 0 bridgehead atoms. The molecule has 0 aliphatic heterocycles. The molecule has 0 heterocycles. The fourth-order valence-corrected chi connectivity index (χ4v) is 3.61. The molecule has 0 radical (unpaired) electrons. The van der Waals surface area contributed by atoms with Crippen LogP contribution in [0.15, 0.2) is 59.5 Å². The predicted octanol–water partition coefficient (Wildman–Crippen LogP) is 4.50. The highest BCUT2D eigenvalue weighted by atomic mass is 32.2. The van der Waals surface area contributed by atoms with Gasteiger partial charge in [0.05, 0.1) is 0 Å². The molecule has 1 atom stereocenters. The molecule has 130 valence electrons. The Morgan fingerprint density at radius 3 is 2.38 bits per heavy atom. The van der Waals surface area contributed by atoms with Crippen molar-refractivity contribution in [3.8, 4) is 0 Å². The number of rotatable bonds is 11. The predicted molar refractivity (Wildman–Crippen MR) is 107 cm³/mol. The van der Waals surface area contributed by atoms with Crippen molar-refractivity contribution in [2.75, 3.05) is 20.1 Å². The summed E-state index contributed by atoms with van der Waals surface area (Å²) < 4.78 is 0. The van der Waals surface area contributed by atoms with Crippen molar-refractivity contribution < 1.29 is 0 Å². The first-order valence-electron chi connectivity index (χ1n) is 8.93. The van der Waals surface area contributed by atoms with Crippen LogP contribution in [0, 0.1) is 0 Å². The minimum atomic E-state index is 0.635. The molecular formula is C21H30N2S. The van der Waals surface area contributed by atoms with Gasteiger partial charge in [-0.1, -0.05) is 49.4 Å². The Morgan fingerprint density at radius 1 is 0.917 bits per heavy atom. The summed E-state index contributed by atoms with van der Waals surface area (Å²) in [5.41, 5.74) is 2.80. The highest BCUT2D eigenvalue weighted by Gasteiger charge is 2.05. The van der Waals surface area contributed by atoms with Crippen molar-refractivity contribution in [1.29, 1.82) is 0 Å². The van der Waals surface area contributed by atoms with Gasteiger partial charge in [-0.05, 0) is 62.7 Å². The van der Waals surface area contributed by atoms with E-state index in [4.69, 9.17) is 0 Å². The van der Waals surface area contributed by atoms with E-state index in [9.17, 15) is 0 Å². The van der Waals surface area contributed by atoms with E-state index in [2.05, 4.69) is 72.2 Å². The van der Waals surface area contributed by atoms with Gasteiger partial charge in [-0.25, -0.2) is 0 Å². The van der Waals surface area contributed by atoms with Crippen LogP contribution >= 0.6 is 11.8 Å². The van der Waals surface area contributed by atoms with Gasteiger partial charge in [0.15, 0.2) is 0 Å². The summed E-state index contributed by atoms with van der Waals surface area (Å²) in [6.07, 6.45) is 3.54. The van der Waals surface area contributed by atoms with Gasteiger partial charge in [0.25, 0.3) is 0 Å². The molecule has 0 aliphatic rings.